The van der Waals surface area contributed by atoms with Gasteiger partial charge in [-0.25, -0.2) is 0 Å². The molecule has 66 valence electrons. The van der Waals surface area contributed by atoms with Gasteiger partial charge in [0, 0.05) is 26.3 Å². The van der Waals surface area contributed by atoms with Crippen LogP contribution >= 0.6 is 0 Å². The molecule has 3 nitrogen and oxygen atoms in total. The summed E-state index contributed by atoms with van der Waals surface area (Å²) < 4.78 is 17.4. The van der Waals surface area contributed by atoms with E-state index in [4.69, 9.17) is 10.8 Å². The van der Waals surface area contributed by atoms with Crippen LogP contribution in [0.3, 0.4) is 0 Å². The van der Waals surface area contributed by atoms with Gasteiger partial charge in [0.2, 0.25) is 0 Å². The van der Waals surface area contributed by atoms with Crippen LogP contribution in [0.2, 0.25) is 0 Å². The molecule has 1 rings (SSSR count). The molecule has 0 aliphatic heterocycles. The minimum absolute atomic E-state index is 0.254. The maximum absolute atomic E-state index is 7.15. The van der Waals surface area contributed by atoms with Crippen molar-refractivity contribution in [2.45, 2.75) is 6.42 Å². The van der Waals surface area contributed by atoms with Crippen molar-refractivity contribution >= 4 is 0 Å². The molecule has 12 heavy (non-hydrogen) atoms. The van der Waals surface area contributed by atoms with Gasteiger partial charge in [-0.15, -0.1) is 0 Å². The monoisotopic (exact) mass is 168 g/mol. The van der Waals surface area contributed by atoms with Gasteiger partial charge in [-0.3, -0.25) is 4.98 Å². The molecule has 1 aromatic heterocycles. The van der Waals surface area contributed by atoms with E-state index in [0.29, 0.717) is 19.0 Å². The molecule has 0 spiro atoms. The molecule has 0 amide bonds. The van der Waals surface area contributed by atoms with Crippen LogP contribution < -0.4 is 4.74 Å². The smallest absolute Gasteiger partial charge is 0.137 e. The zero-order chi connectivity index (χ0) is 9.52. The van der Waals surface area contributed by atoms with Gasteiger partial charge in [-0.05, 0) is 12.1 Å². The van der Waals surface area contributed by atoms with Crippen LogP contribution in [0.25, 0.3) is 0 Å². The maximum atomic E-state index is 7.15. The van der Waals surface area contributed by atoms with Crippen LogP contribution in [-0.4, -0.2) is 25.3 Å². The number of hydrogen-bond acceptors (Lipinski definition) is 3. The minimum Gasteiger partial charge on any atom is -0.492 e. The van der Waals surface area contributed by atoms with Gasteiger partial charge >= 0.3 is 0 Å². The Morgan fingerprint density at radius 1 is 1.58 bits per heavy atom. The average molecular weight is 168 g/mol. The zero-order valence-corrected chi connectivity index (χ0v) is 7.12. The summed E-state index contributed by atoms with van der Waals surface area (Å²) in [6.07, 6.45) is 2.66. The normalized spacial score (nSPS) is 10.9. The van der Waals surface area contributed by atoms with Crippen molar-refractivity contribution < 1.29 is 10.8 Å². The first-order valence-electron chi connectivity index (χ1n) is 4.37. The molecule has 0 saturated heterocycles. The highest BCUT2D eigenvalue weighted by Gasteiger charge is 1.90. The van der Waals surface area contributed by atoms with E-state index < -0.39 is 0 Å². The van der Waals surface area contributed by atoms with Crippen LogP contribution in [0.1, 0.15) is 7.79 Å². The van der Waals surface area contributed by atoms with Gasteiger partial charge in [0.25, 0.3) is 0 Å². The van der Waals surface area contributed by atoms with E-state index in [1.54, 1.807) is 25.4 Å². The van der Waals surface area contributed by atoms with Gasteiger partial charge in [0.05, 0.1) is 14.2 Å². The number of ether oxygens (including phenoxy) is 2. The lowest BCUT2D eigenvalue weighted by atomic mass is 10.4. The molecule has 0 aromatic carbocycles. The van der Waals surface area contributed by atoms with Crippen LogP contribution in [-0.2, 0) is 4.74 Å². The summed E-state index contributed by atoms with van der Waals surface area (Å²) in [5.74, 6) is 0.701. The highest BCUT2D eigenvalue weighted by Crippen LogP contribution is 2.05. The van der Waals surface area contributed by atoms with Crippen molar-refractivity contribution in [3.8, 4) is 5.75 Å². The lowest BCUT2D eigenvalue weighted by molar-refractivity contribution is 0.172. The maximum Gasteiger partial charge on any atom is 0.137 e. The lowest BCUT2D eigenvalue weighted by Crippen LogP contribution is -2.01. The van der Waals surface area contributed by atoms with Crippen molar-refractivity contribution in [3.63, 3.8) is 0 Å². The van der Waals surface area contributed by atoms with Gasteiger partial charge in [-0.2, -0.15) is 0 Å². The molecule has 3 heteroatoms. The predicted octanol–water partition coefficient (Wildman–Crippen LogP) is 1.50. The molecule has 0 fully saturated rings. The quantitative estimate of drug-likeness (QED) is 0.624. The Labute approximate surface area is 73.7 Å². The third-order valence-electron chi connectivity index (χ3n) is 1.35. The van der Waals surface area contributed by atoms with E-state index in [9.17, 15) is 0 Å². The fraction of sp³-hybridized carbons (Fsp3) is 0.444. The van der Waals surface area contributed by atoms with Crippen molar-refractivity contribution in [1.29, 1.82) is 0 Å². The first-order valence-corrected chi connectivity index (χ1v) is 3.87. The number of hydrogen-bond donors (Lipinski definition) is 0. The molecule has 1 heterocycles. The minimum atomic E-state index is 0.254. The molecule has 0 aliphatic carbocycles. The van der Waals surface area contributed by atoms with Crippen molar-refractivity contribution in [2.75, 3.05) is 20.3 Å². The van der Waals surface area contributed by atoms with E-state index in [-0.39, 0.29) is 6.17 Å². The Hall–Kier alpha value is -1.09. The first-order chi connectivity index (χ1) is 6.33. The molecule has 0 atom stereocenters. The largest absolute Gasteiger partial charge is 0.492 e. The first kappa shape index (κ1) is 7.55. The summed E-state index contributed by atoms with van der Waals surface area (Å²) in [5, 5.41) is 0. The summed E-state index contributed by atoms with van der Waals surface area (Å²) in [4.78, 5) is 3.79. The van der Waals surface area contributed by atoms with Crippen LogP contribution in [0.15, 0.2) is 24.5 Å². The zero-order valence-electron chi connectivity index (χ0n) is 8.12. The van der Waals surface area contributed by atoms with Gasteiger partial charge in [0.15, 0.2) is 0 Å². The van der Waals surface area contributed by atoms with Crippen molar-refractivity contribution in [1.82, 2.24) is 4.98 Å². The number of methoxy groups -OCH3 is 1. The van der Waals surface area contributed by atoms with Gasteiger partial charge in [-0.1, -0.05) is 0 Å². The number of nitrogens with zero attached hydrogens (tertiary/aromatic N) is 1. The molecular weight excluding hydrogens is 154 g/mol. The molecule has 0 saturated carbocycles. The molecule has 0 unspecified atom stereocenters. The van der Waals surface area contributed by atoms with E-state index in [2.05, 4.69) is 4.98 Å². The second-order valence-corrected chi connectivity index (χ2v) is 2.32. The molecular formula is C9H13NO2. The molecule has 0 N–H and O–H groups in total. The second-order valence-electron chi connectivity index (χ2n) is 2.32. The highest BCUT2D eigenvalue weighted by molar-refractivity contribution is 5.15. The van der Waals surface area contributed by atoms with E-state index in [1.807, 2.05) is 0 Å². The van der Waals surface area contributed by atoms with E-state index in [0.717, 1.165) is 6.42 Å². The van der Waals surface area contributed by atoms with Crippen LogP contribution in [0.4, 0.5) is 0 Å². The van der Waals surface area contributed by atoms with Crippen LogP contribution in [0, 0.1) is 0 Å². The van der Waals surface area contributed by atoms with E-state index in [1.165, 1.54) is 0 Å². The SMILES string of the molecule is [2H]c1ccc(OCCCOC)cn1. The number of pyridine rings is 1. The van der Waals surface area contributed by atoms with Crippen molar-refractivity contribution in [2.24, 2.45) is 0 Å². The van der Waals surface area contributed by atoms with Crippen molar-refractivity contribution in [3.05, 3.63) is 24.5 Å². The third kappa shape index (κ3) is 3.34. The Bertz CT molecular complexity index is 238. The lowest BCUT2D eigenvalue weighted by Gasteiger charge is -2.03. The number of aromatic nitrogens is 1. The summed E-state index contributed by atoms with van der Waals surface area (Å²) in [5.41, 5.74) is 0. The Kier molecular flexibility index (Phi) is 3.49. The number of rotatable bonds is 5. The Morgan fingerprint density at radius 2 is 2.50 bits per heavy atom. The standard InChI is InChI=1S/C9H13NO2/c1-11-6-3-7-12-9-4-2-5-10-8-9/h2,4-5,8H,3,6-7H2,1H3/i5D. The second kappa shape index (κ2) is 5.55. The molecule has 0 aliphatic rings. The van der Waals surface area contributed by atoms with Gasteiger partial charge < -0.3 is 9.47 Å². The molecule has 0 bridgehead atoms. The fourth-order valence-corrected chi connectivity index (χ4v) is 0.785. The van der Waals surface area contributed by atoms with Crippen LogP contribution in [0.5, 0.6) is 5.75 Å². The average Bonchev–Trinajstić information content (AvgIpc) is 2.15. The Morgan fingerprint density at radius 3 is 3.17 bits per heavy atom. The summed E-state index contributed by atoms with van der Waals surface area (Å²) in [7, 11) is 1.66. The third-order valence-corrected chi connectivity index (χ3v) is 1.35. The summed E-state index contributed by atoms with van der Waals surface area (Å²) >= 11 is 0. The topological polar surface area (TPSA) is 31.4 Å². The summed E-state index contributed by atoms with van der Waals surface area (Å²) in [6, 6.07) is 3.34. The predicted molar refractivity (Wildman–Crippen MR) is 46.2 cm³/mol. The highest BCUT2D eigenvalue weighted by atomic mass is 16.5. The Balaban J connectivity index is 2.25. The molecule has 0 radical (unpaired) electrons. The van der Waals surface area contributed by atoms with E-state index >= 15 is 0 Å². The summed E-state index contributed by atoms with van der Waals surface area (Å²) in [6.45, 7) is 1.32. The molecule has 1 aromatic rings. The fourth-order valence-electron chi connectivity index (χ4n) is 0.785. The van der Waals surface area contributed by atoms with Gasteiger partial charge in [0.1, 0.15) is 5.75 Å².